The molecule has 0 aliphatic carbocycles. The van der Waals surface area contributed by atoms with Gasteiger partial charge in [0.1, 0.15) is 6.33 Å². The third-order valence-electron chi connectivity index (χ3n) is 4.06. The number of aromatic nitrogens is 3. The second kappa shape index (κ2) is 8.23. The summed E-state index contributed by atoms with van der Waals surface area (Å²) < 4.78 is 12.3. The van der Waals surface area contributed by atoms with Gasteiger partial charge in [-0.05, 0) is 36.4 Å². The van der Waals surface area contributed by atoms with E-state index in [1.807, 2.05) is 7.05 Å². The number of nitrogens with zero attached hydrogens (tertiary/aromatic N) is 3. The first-order valence-corrected chi connectivity index (χ1v) is 9.65. The van der Waals surface area contributed by atoms with Crippen LogP contribution in [0.1, 0.15) is 10.4 Å². The van der Waals surface area contributed by atoms with Crippen LogP contribution in [0.15, 0.2) is 53.9 Å². The molecule has 1 aliphatic rings. The number of anilines is 2. The molecule has 0 spiro atoms. The van der Waals surface area contributed by atoms with Crippen LogP contribution in [0.4, 0.5) is 11.4 Å². The second-order valence-electron chi connectivity index (χ2n) is 6.16. The van der Waals surface area contributed by atoms with Crippen LogP contribution in [0.5, 0.6) is 11.5 Å². The molecule has 0 bridgehead atoms. The lowest BCUT2D eigenvalue weighted by Gasteiger charge is -2.08. The van der Waals surface area contributed by atoms with Gasteiger partial charge in [-0.25, -0.2) is 0 Å². The lowest BCUT2D eigenvalue weighted by Crippen LogP contribution is -2.15. The maximum atomic E-state index is 12.4. The van der Waals surface area contributed by atoms with Gasteiger partial charge in [0, 0.05) is 30.1 Å². The molecule has 0 atom stereocenters. The average Bonchev–Trinajstić information content (AvgIpc) is 3.35. The van der Waals surface area contributed by atoms with Crippen LogP contribution in [-0.4, -0.2) is 39.1 Å². The van der Waals surface area contributed by atoms with E-state index in [0.29, 0.717) is 33.6 Å². The first kappa shape index (κ1) is 18.8. The molecule has 4 rings (SSSR count). The molecule has 2 aromatic carbocycles. The number of amides is 2. The fourth-order valence-corrected chi connectivity index (χ4v) is 3.30. The van der Waals surface area contributed by atoms with Crippen LogP contribution >= 0.6 is 11.8 Å². The number of fused-ring (bicyclic) bond motifs is 1. The van der Waals surface area contributed by atoms with E-state index in [-0.39, 0.29) is 24.4 Å². The van der Waals surface area contributed by atoms with Gasteiger partial charge in [-0.15, -0.1) is 10.2 Å². The van der Waals surface area contributed by atoms with Gasteiger partial charge < -0.3 is 24.7 Å². The standard InChI is InChI=1S/C19H17N5O4S/c1-24-10-20-23-19(24)29-9-17(25)21-13-4-2-12(3-5-13)18(26)22-14-6-7-15-16(8-14)28-11-27-15/h2-8,10H,9,11H2,1H3,(H,21,25)(H,22,26). The fraction of sp³-hybridized carbons (Fsp3) is 0.158. The fourth-order valence-electron chi connectivity index (χ4n) is 2.61. The molecule has 1 aliphatic heterocycles. The molecule has 0 fully saturated rings. The number of aryl methyl sites for hydroxylation is 1. The Morgan fingerprint density at radius 1 is 1.07 bits per heavy atom. The number of hydrogen-bond acceptors (Lipinski definition) is 7. The highest BCUT2D eigenvalue weighted by Crippen LogP contribution is 2.34. The molecule has 0 saturated heterocycles. The SMILES string of the molecule is Cn1cnnc1SCC(=O)Nc1ccc(C(=O)Nc2ccc3c(c2)OCO3)cc1. The van der Waals surface area contributed by atoms with Crippen molar-refractivity contribution in [1.82, 2.24) is 14.8 Å². The van der Waals surface area contributed by atoms with Crippen molar-refractivity contribution in [3.63, 3.8) is 0 Å². The lowest BCUT2D eigenvalue weighted by molar-refractivity contribution is -0.113. The third kappa shape index (κ3) is 4.49. The number of nitrogens with one attached hydrogen (secondary N) is 2. The van der Waals surface area contributed by atoms with Gasteiger partial charge in [-0.3, -0.25) is 9.59 Å². The molecule has 9 nitrogen and oxygen atoms in total. The smallest absolute Gasteiger partial charge is 0.255 e. The summed E-state index contributed by atoms with van der Waals surface area (Å²) in [5.74, 6) is 1.02. The highest BCUT2D eigenvalue weighted by molar-refractivity contribution is 7.99. The normalized spacial score (nSPS) is 11.9. The van der Waals surface area contributed by atoms with Crippen molar-refractivity contribution >= 4 is 35.0 Å². The molecule has 0 radical (unpaired) electrons. The molecule has 2 amide bonds. The maximum absolute atomic E-state index is 12.4. The summed E-state index contributed by atoms with van der Waals surface area (Å²) in [7, 11) is 1.81. The Bertz CT molecular complexity index is 1050. The summed E-state index contributed by atoms with van der Waals surface area (Å²) >= 11 is 1.29. The van der Waals surface area contributed by atoms with Crippen molar-refractivity contribution in [3.05, 3.63) is 54.4 Å². The van der Waals surface area contributed by atoms with Crippen molar-refractivity contribution in [2.45, 2.75) is 5.16 Å². The summed E-state index contributed by atoms with van der Waals surface area (Å²) in [6.45, 7) is 0.178. The predicted molar refractivity (Wildman–Crippen MR) is 107 cm³/mol. The largest absolute Gasteiger partial charge is 0.454 e. The highest BCUT2D eigenvalue weighted by atomic mass is 32.2. The zero-order chi connectivity index (χ0) is 20.2. The van der Waals surface area contributed by atoms with Crippen LogP contribution in [-0.2, 0) is 11.8 Å². The number of benzene rings is 2. The van der Waals surface area contributed by atoms with E-state index in [9.17, 15) is 9.59 Å². The first-order valence-electron chi connectivity index (χ1n) is 8.66. The Morgan fingerprint density at radius 2 is 1.83 bits per heavy atom. The second-order valence-corrected chi connectivity index (χ2v) is 7.10. The predicted octanol–water partition coefficient (Wildman–Crippen LogP) is 2.53. The van der Waals surface area contributed by atoms with E-state index in [2.05, 4.69) is 20.8 Å². The lowest BCUT2D eigenvalue weighted by atomic mass is 10.2. The highest BCUT2D eigenvalue weighted by Gasteiger charge is 2.15. The van der Waals surface area contributed by atoms with E-state index in [1.54, 1.807) is 53.4 Å². The minimum absolute atomic E-state index is 0.171. The number of carbonyl (C=O) groups excluding carboxylic acids is 2. The molecule has 1 aromatic heterocycles. The quantitative estimate of drug-likeness (QED) is 0.600. The van der Waals surface area contributed by atoms with Gasteiger partial charge in [0.15, 0.2) is 16.7 Å². The topological polar surface area (TPSA) is 107 Å². The number of ether oxygens (including phenoxy) is 2. The van der Waals surface area contributed by atoms with Crippen LogP contribution < -0.4 is 20.1 Å². The Balaban J connectivity index is 1.31. The zero-order valence-electron chi connectivity index (χ0n) is 15.4. The summed E-state index contributed by atoms with van der Waals surface area (Å²) in [5, 5.41) is 13.9. The van der Waals surface area contributed by atoms with Gasteiger partial charge in [-0.2, -0.15) is 0 Å². The van der Waals surface area contributed by atoms with Crippen molar-refractivity contribution in [1.29, 1.82) is 0 Å². The summed E-state index contributed by atoms with van der Waals surface area (Å²) in [4.78, 5) is 24.5. The minimum atomic E-state index is -0.264. The molecule has 2 N–H and O–H groups in total. The van der Waals surface area contributed by atoms with Gasteiger partial charge in [0.2, 0.25) is 12.7 Å². The van der Waals surface area contributed by atoms with E-state index in [4.69, 9.17) is 9.47 Å². The maximum Gasteiger partial charge on any atom is 0.255 e. The van der Waals surface area contributed by atoms with E-state index in [1.165, 1.54) is 11.8 Å². The Labute approximate surface area is 170 Å². The van der Waals surface area contributed by atoms with Crippen molar-refractivity contribution in [3.8, 4) is 11.5 Å². The molecular weight excluding hydrogens is 394 g/mol. The van der Waals surface area contributed by atoms with E-state index < -0.39 is 0 Å². The van der Waals surface area contributed by atoms with Crippen LogP contribution in [0.2, 0.25) is 0 Å². The molecule has 3 aromatic rings. The van der Waals surface area contributed by atoms with E-state index in [0.717, 1.165) is 0 Å². The average molecular weight is 411 g/mol. The number of hydrogen-bond donors (Lipinski definition) is 2. The minimum Gasteiger partial charge on any atom is -0.454 e. The number of rotatable bonds is 6. The molecule has 148 valence electrons. The van der Waals surface area contributed by atoms with E-state index >= 15 is 0 Å². The van der Waals surface area contributed by atoms with Gasteiger partial charge in [0.05, 0.1) is 5.75 Å². The zero-order valence-corrected chi connectivity index (χ0v) is 16.2. The Morgan fingerprint density at radius 3 is 2.59 bits per heavy atom. The van der Waals surface area contributed by atoms with Gasteiger partial charge in [-0.1, -0.05) is 11.8 Å². The van der Waals surface area contributed by atoms with Gasteiger partial charge >= 0.3 is 0 Å². The van der Waals surface area contributed by atoms with Crippen molar-refractivity contribution in [2.24, 2.45) is 7.05 Å². The third-order valence-corrected chi connectivity index (χ3v) is 5.10. The molecule has 2 heterocycles. The van der Waals surface area contributed by atoms with Gasteiger partial charge in [0.25, 0.3) is 5.91 Å². The Hall–Kier alpha value is -3.53. The van der Waals surface area contributed by atoms with Crippen LogP contribution in [0.25, 0.3) is 0 Å². The molecule has 29 heavy (non-hydrogen) atoms. The molecular formula is C19H17N5O4S. The Kier molecular flexibility index (Phi) is 5.34. The van der Waals surface area contributed by atoms with Crippen LogP contribution in [0, 0.1) is 0 Å². The van der Waals surface area contributed by atoms with Crippen molar-refractivity contribution < 1.29 is 19.1 Å². The summed E-state index contributed by atoms with van der Waals surface area (Å²) in [6, 6.07) is 11.9. The summed E-state index contributed by atoms with van der Waals surface area (Å²) in [6.07, 6.45) is 1.58. The van der Waals surface area contributed by atoms with Crippen LogP contribution in [0.3, 0.4) is 0 Å². The van der Waals surface area contributed by atoms with Crippen molar-refractivity contribution in [2.75, 3.05) is 23.2 Å². The molecule has 0 unspecified atom stereocenters. The number of carbonyl (C=O) groups is 2. The molecule has 0 saturated carbocycles. The molecule has 10 heteroatoms. The first-order chi connectivity index (χ1) is 14.1. The number of thioether (sulfide) groups is 1. The summed E-state index contributed by atoms with van der Waals surface area (Å²) in [5.41, 5.74) is 1.68. The monoisotopic (exact) mass is 411 g/mol.